The Morgan fingerprint density at radius 2 is 0.680 bits per heavy atom. The van der Waals surface area contributed by atoms with Crippen LogP contribution < -0.4 is 0 Å². The van der Waals surface area contributed by atoms with E-state index in [9.17, 15) is 14.4 Å². The summed E-state index contributed by atoms with van der Waals surface area (Å²) in [6.45, 7) is 11.1. The van der Waals surface area contributed by atoms with Crippen molar-refractivity contribution in [3.8, 4) is 0 Å². The fourth-order valence-corrected chi connectivity index (χ4v) is 13.1. The molecule has 10 fully saturated rings. The molecule has 18 atom stereocenters. The third-order valence-corrected chi connectivity index (χ3v) is 17.6. The Morgan fingerprint density at radius 1 is 0.360 bits per heavy atom. The molecule has 0 spiro atoms. The molecule has 14 aliphatic carbocycles. The fraction of sp³-hybridized carbons (Fsp3) is 0.635. The summed E-state index contributed by atoms with van der Waals surface area (Å²) in [6, 6.07) is 0. The minimum absolute atomic E-state index is 0.0141. The Hall–Kier alpha value is -4.91. The lowest BCUT2D eigenvalue weighted by Crippen LogP contribution is -2.36. The lowest BCUT2D eigenvalue weighted by Gasteiger charge is -2.39. The van der Waals surface area contributed by atoms with E-state index in [1.54, 1.807) is 6.08 Å². The van der Waals surface area contributed by atoms with Gasteiger partial charge in [0, 0.05) is 11.8 Å². The van der Waals surface area contributed by atoms with Crippen LogP contribution in [0, 0.1) is 71.0 Å². The highest BCUT2D eigenvalue weighted by molar-refractivity contribution is 5.62. The minimum Gasteiger partial charge on any atom is -0.430 e. The molecule has 6 heterocycles. The lowest BCUT2D eigenvalue weighted by atomic mass is 9.67. The van der Waals surface area contributed by atoms with Gasteiger partial charge in [0.25, 0.3) is 0 Å². The van der Waals surface area contributed by atoms with Crippen LogP contribution in [0.25, 0.3) is 0 Å². The van der Waals surface area contributed by atoms with E-state index in [4.69, 9.17) is 33.2 Å². The molecule has 14 unspecified atom stereocenters. The zero-order valence-corrected chi connectivity index (χ0v) is 44.2. The summed E-state index contributed by atoms with van der Waals surface area (Å²) in [5.41, 5.74) is 0. The van der Waals surface area contributed by atoms with Crippen molar-refractivity contribution in [1.29, 1.82) is 0 Å². The van der Waals surface area contributed by atoms with Crippen molar-refractivity contribution in [2.75, 3.05) is 39.6 Å². The van der Waals surface area contributed by atoms with Crippen molar-refractivity contribution in [1.82, 2.24) is 0 Å². The monoisotopic (exact) mass is 1030 g/mol. The van der Waals surface area contributed by atoms with E-state index in [1.807, 2.05) is 0 Å². The Balaban J connectivity index is 0.000000108. The predicted molar refractivity (Wildman–Crippen MR) is 287 cm³/mol. The highest BCUT2D eigenvalue weighted by Crippen LogP contribution is 2.47. The number of carbonyl (C=O) groups excluding carboxylic acids is 3. The molecule has 20 aliphatic rings. The number of fused-ring (bicyclic) bond motifs is 8. The maximum Gasteiger partial charge on any atom is 0.509 e. The van der Waals surface area contributed by atoms with Crippen LogP contribution in [-0.2, 0) is 42.6 Å². The highest BCUT2D eigenvalue weighted by Gasteiger charge is 2.45. The molecular formula is C63H84O12. The van der Waals surface area contributed by atoms with Gasteiger partial charge in [-0.15, -0.1) is 6.58 Å². The molecule has 0 amide bonds. The Kier molecular flexibility index (Phi) is 20.4. The number of carbonyl (C=O) groups is 3. The van der Waals surface area contributed by atoms with E-state index in [0.29, 0.717) is 73.6 Å². The first-order valence-electron chi connectivity index (χ1n) is 28.7. The number of epoxide rings is 3. The normalized spacial score (nSPS) is 40.4. The highest BCUT2D eigenvalue weighted by atomic mass is 16.8. The van der Waals surface area contributed by atoms with Gasteiger partial charge < -0.3 is 42.6 Å². The molecule has 0 aromatic heterocycles. The standard InChI is InChI=1S/2C11H14O3.2C10H14O.2C6H8.C5H6O3.C4H6O/c2*12-11-13-6-10(14-11)9-5-7-1-3-8(9)4-2-7;2*1-3-8-4-2-7(1)5-9(8)10-6-11-10;2*1-2-4-6-5-3-1;1-2-4-3-7-5(6)8-4;1-2-4-3-5-4/h2*1,3,7-10H,2,4-6H2;2*1,3,7-10H,2,4-6H2;2*1-4H,5-6H2;2,4H,1,3H2;2,4H,1,3H2/t4*7?,8?,9?,10-;;;;/m1010..../s1. The molecule has 20 rings (SSSR count). The first-order valence-corrected chi connectivity index (χ1v) is 28.7. The van der Waals surface area contributed by atoms with Gasteiger partial charge in [0.1, 0.15) is 32.0 Å². The third-order valence-electron chi connectivity index (χ3n) is 17.6. The van der Waals surface area contributed by atoms with Gasteiger partial charge in [0.05, 0.1) is 38.1 Å². The molecule has 4 saturated carbocycles. The zero-order valence-electron chi connectivity index (χ0n) is 44.2. The molecule has 6 saturated heterocycles. The summed E-state index contributed by atoms with van der Waals surface area (Å²) in [7, 11) is 0. The van der Waals surface area contributed by atoms with Crippen molar-refractivity contribution in [3.63, 3.8) is 0 Å². The molecule has 0 aromatic carbocycles. The van der Waals surface area contributed by atoms with Crippen molar-refractivity contribution >= 4 is 18.5 Å². The number of hydrogen-bond acceptors (Lipinski definition) is 12. The quantitative estimate of drug-likeness (QED) is 0.108. The minimum atomic E-state index is -0.602. The summed E-state index contributed by atoms with van der Waals surface area (Å²) in [5, 5.41) is 0. The zero-order chi connectivity index (χ0) is 51.8. The van der Waals surface area contributed by atoms with Crippen LogP contribution >= 0.6 is 0 Å². The molecule has 0 radical (unpaired) electrons. The van der Waals surface area contributed by atoms with E-state index in [2.05, 4.69) is 120 Å². The van der Waals surface area contributed by atoms with Crippen LogP contribution in [0.5, 0.6) is 0 Å². The summed E-state index contributed by atoms with van der Waals surface area (Å²) >= 11 is 0. The van der Waals surface area contributed by atoms with Gasteiger partial charge in [0.15, 0.2) is 6.10 Å². The SMILES string of the molecule is C1=CC2CCC1CC2[C@@H]1CO1.C1=CC2CCC1CC2[C@H]1CO1.C1=CCCC=C1.C1=CCCC=C1.C=CC1CO1.C=CC1COC(=O)O1.O=C1OC[C@@H](C2CC3C=CC2CC3)O1.O=C1OC[C@H](C2CC3C=CC2CC3)O1. The number of rotatable bonds is 6. The number of ether oxygens (including phenoxy) is 9. The predicted octanol–water partition coefficient (Wildman–Crippen LogP) is 13.3. The molecule has 8 bridgehead atoms. The van der Waals surface area contributed by atoms with Crippen LogP contribution in [-0.4, -0.2) is 94.7 Å². The average Bonchev–Trinajstić information content (AvgIpc) is 4.45. The topological polar surface area (TPSA) is 144 Å². The molecule has 12 heteroatoms. The maximum absolute atomic E-state index is 10.8. The molecule has 408 valence electrons. The van der Waals surface area contributed by atoms with Gasteiger partial charge in [-0.05, 0) is 168 Å². The molecule has 12 nitrogen and oxygen atoms in total. The second-order valence-electron chi connectivity index (χ2n) is 22.7. The first-order chi connectivity index (χ1) is 36.8. The maximum atomic E-state index is 10.8. The summed E-state index contributed by atoms with van der Waals surface area (Å²) in [4.78, 5) is 31.8. The van der Waals surface area contributed by atoms with Crippen LogP contribution in [0.15, 0.2) is 123 Å². The van der Waals surface area contributed by atoms with Gasteiger partial charge in [-0.3, -0.25) is 0 Å². The summed E-state index contributed by atoms with van der Waals surface area (Å²) in [6.07, 6.45) is 60.2. The fourth-order valence-electron chi connectivity index (χ4n) is 13.1. The van der Waals surface area contributed by atoms with E-state index < -0.39 is 18.5 Å². The van der Waals surface area contributed by atoms with E-state index >= 15 is 0 Å². The lowest BCUT2D eigenvalue weighted by molar-refractivity contribution is 0.0559. The smallest absolute Gasteiger partial charge is 0.430 e. The van der Waals surface area contributed by atoms with E-state index in [1.165, 1.54) is 109 Å². The van der Waals surface area contributed by atoms with Crippen LogP contribution in [0.1, 0.15) is 103 Å². The van der Waals surface area contributed by atoms with Crippen LogP contribution in [0.3, 0.4) is 0 Å². The molecule has 6 aliphatic heterocycles. The molecule has 75 heavy (non-hydrogen) atoms. The van der Waals surface area contributed by atoms with Gasteiger partial charge in [-0.25, -0.2) is 14.4 Å². The van der Waals surface area contributed by atoms with Crippen LogP contribution in [0.2, 0.25) is 0 Å². The van der Waals surface area contributed by atoms with Gasteiger partial charge in [-0.1, -0.05) is 110 Å². The Morgan fingerprint density at radius 3 is 0.840 bits per heavy atom. The first kappa shape index (κ1) is 54.9. The van der Waals surface area contributed by atoms with E-state index in [0.717, 1.165) is 55.3 Å². The number of allylic oxidation sites excluding steroid dienone is 16. The summed E-state index contributed by atoms with van der Waals surface area (Å²) in [5.74, 6) is 8.96. The van der Waals surface area contributed by atoms with Crippen molar-refractivity contribution < 1.29 is 57.0 Å². The number of hydrogen-bond donors (Lipinski definition) is 0. The second-order valence-corrected chi connectivity index (χ2v) is 22.7. The van der Waals surface area contributed by atoms with Crippen molar-refractivity contribution in [2.24, 2.45) is 71.0 Å². The van der Waals surface area contributed by atoms with Crippen molar-refractivity contribution in [2.45, 2.75) is 139 Å². The Bertz CT molecular complexity index is 1990. The molecule has 0 N–H and O–H groups in total. The third kappa shape index (κ3) is 17.0. The van der Waals surface area contributed by atoms with E-state index in [-0.39, 0.29) is 18.3 Å². The summed E-state index contributed by atoms with van der Waals surface area (Å²) < 4.78 is 44.4. The van der Waals surface area contributed by atoms with Gasteiger partial charge >= 0.3 is 18.5 Å². The largest absolute Gasteiger partial charge is 0.509 e. The van der Waals surface area contributed by atoms with Crippen molar-refractivity contribution in [3.05, 3.63) is 123 Å². The van der Waals surface area contributed by atoms with Crippen LogP contribution in [0.4, 0.5) is 14.4 Å². The average molecular weight is 1030 g/mol. The number of cyclic esters (lactones) is 6. The Labute approximate surface area is 446 Å². The van der Waals surface area contributed by atoms with Gasteiger partial charge in [0.2, 0.25) is 0 Å². The van der Waals surface area contributed by atoms with Gasteiger partial charge in [-0.2, -0.15) is 0 Å². The molecular weight excluding hydrogens is 949 g/mol. The second kappa shape index (κ2) is 27.9. The molecule has 0 aromatic rings.